The Morgan fingerprint density at radius 1 is 1.03 bits per heavy atom. The third kappa shape index (κ3) is 5.68. The topological polar surface area (TPSA) is 125 Å². The number of alkyl halides is 1. The molecular weight excluding hydrogens is 507 g/mol. The molecule has 0 saturated carbocycles. The van der Waals surface area contributed by atoms with Gasteiger partial charge in [0.25, 0.3) is 11.8 Å². The second-order valence-corrected chi connectivity index (χ2v) is 10.1. The number of halogens is 1. The van der Waals surface area contributed by atoms with E-state index in [2.05, 4.69) is 10.6 Å². The number of amides is 5. The number of nitrogens with zero attached hydrogens (tertiary/aromatic N) is 2. The lowest BCUT2D eigenvalue weighted by atomic mass is 9.92. The number of piperidine rings is 2. The smallest absolute Gasteiger partial charge is 0.262 e. The lowest BCUT2D eigenvalue weighted by molar-refractivity contribution is -0.136. The van der Waals surface area contributed by atoms with Gasteiger partial charge in [-0.15, -0.1) is 0 Å². The number of nitrogens with one attached hydrogen (secondary N) is 2. The Morgan fingerprint density at radius 3 is 2.46 bits per heavy atom. The fourth-order valence-electron chi connectivity index (χ4n) is 5.14. The van der Waals surface area contributed by atoms with Gasteiger partial charge in [-0.2, -0.15) is 0 Å². The number of benzene rings is 2. The van der Waals surface area contributed by atoms with Crippen LogP contribution in [0.25, 0.3) is 0 Å². The van der Waals surface area contributed by atoms with Crippen LogP contribution in [0.5, 0.6) is 0 Å². The second kappa shape index (κ2) is 10.9. The summed E-state index contributed by atoms with van der Waals surface area (Å²) < 4.78 is 20.8. The first-order valence-electron chi connectivity index (χ1n) is 12.9. The summed E-state index contributed by atoms with van der Waals surface area (Å²) in [5.41, 5.74) is 0.419. The minimum absolute atomic E-state index is 0.0506. The molecule has 11 heteroatoms. The van der Waals surface area contributed by atoms with Gasteiger partial charge in [-0.3, -0.25) is 34.2 Å². The largest absolute Gasteiger partial charge is 0.371 e. The molecule has 0 bridgehead atoms. The molecule has 2 fully saturated rings. The summed E-state index contributed by atoms with van der Waals surface area (Å²) in [5.74, 6) is -2.62. The highest BCUT2D eigenvalue weighted by atomic mass is 19.1. The van der Waals surface area contributed by atoms with Gasteiger partial charge in [0.05, 0.1) is 24.3 Å². The fourth-order valence-corrected chi connectivity index (χ4v) is 5.14. The molecule has 2 aromatic carbocycles. The Bertz CT molecular complexity index is 1310. The zero-order valence-corrected chi connectivity index (χ0v) is 21.3. The van der Waals surface area contributed by atoms with E-state index in [1.807, 2.05) is 35.2 Å². The van der Waals surface area contributed by atoms with Crippen LogP contribution in [0.15, 0.2) is 48.5 Å². The van der Waals surface area contributed by atoms with Gasteiger partial charge in [0.2, 0.25) is 17.7 Å². The molecule has 39 heavy (non-hydrogen) atoms. The number of hydrogen-bond acceptors (Lipinski definition) is 7. The highest BCUT2D eigenvalue weighted by Crippen LogP contribution is 2.33. The normalized spacial score (nSPS) is 20.6. The maximum atomic E-state index is 15.4. The van der Waals surface area contributed by atoms with Crippen molar-refractivity contribution in [2.45, 2.75) is 44.0 Å². The van der Waals surface area contributed by atoms with Crippen LogP contribution in [-0.2, 0) is 25.7 Å². The molecule has 2 N–H and O–H groups in total. The Balaban J connectivity index is 1.14. The van der Waals surface area contributed by atoms with E-state index in [1.54, 1.807) is 18.2 Å². The molecular formula is C28H29FN4O6. The predicted molar refractivity (Wildman–Crippen MR) is 138 cm³/mol. The van der Waals surface area contributed by atoms with Crippen LogP contribution in [0.3, 0.4) is 0 Å². The molecule has 0 radical (unpaired) electrons. The van der Waals surface area contributed by atoms with E-state index in [4.69, 9.17) is 4.74 Å². The average Bonchev–Trinajstić information content (AvgIpc) is 3.18. The summed E-state index contributed by atoms with van der Waals surface area (Å²) in [6.07, 6.45) is 0.480. The number of rotatable bonds is 8. The van der Waals surface area contributed by atoms with E-state index in [9.17, 15) is 24.0 Å². The maximum Gasteiger partial charge on any atom is 0.262 e. The van der Waals surface area contributed by atoms with Crippen LogP contribution >= 0.6 is 0 Å². The lowest BCUT2D eigenvalue weighted by Crippen LogP contribution is -2.54. The lowest BCUT2D eigenvalue weighted by Gasteiger charge is -2.37. The maximum absolute atomic E-state index is 15.4. The van der Waals surface area contributed by atoms with E-state index in [0.29, 0.717) is 25.4 Å². The third-order valence-electron chi connectivity index (χ3n) is 7.40. The Morgan fingerprint density at radius 2 is 1.74 bits per heavy atom. The van der Waals surface area contributed by atoms with Gasteiger partial charge < -0.3 is 15.0 Å². The van der Waals surface area contributed by atoms with Crippen LogP contribution in [0.1, 0.15) is 52.0 Å². The van der Waals surface area contributed by atoms with Crippen molar-refractivity contribution in [1.82, 2.24) is 15.5 Å². The molecule has 1 atom stereocenters. The summed E-state index contributed by atoms with van der Waals surface area (Å²) >= 11 is 0. The summed E-state index contributed by atoms with van der Waals surface area (Å²) in [6.45, 7) is 0.731. The summed E-state index contributed by atoms with van der Waals surface area (Å²) in [4.78, 5) is 64.7. The zero-order chi connectivity index (χ0) is 27.6. The first kappa shape index (κ1) is 26.5. The molecule has 3 aliphatic rings. The van der Waals surface area contributed by atoms with Crippen molar-refractivity contribution in [3.63, 3.8) is 0 Å². The third-order valence-corrected chi connectivity index (χ3v) is 7.40. The highest BCUT2D eigenvalue weighted by molar-refractivity contribution is 6.23. The van der Waals surface area contributed by atoms with Gasteiger partial charge >= 0.3 is 0 Å². The first-order valence-corrected chi connectivity index (χ1v) is 12.9. The fraction of sp³-hybridized carbons (Fsp3) is 0.393. The Labute approximate surface area is 224 Å². The van der Waals surface area contributed by atoms with Crippen molar-refractivity contribution >= 4 is 35.2 Å². The van der Waals surface area contributed by atoms with Gasteiger partial charge in [-0.05, 0) is 30.2 Å². The Kier molecular flexibility index (Phi) is 7.42. The average molecular weight is 537 g/mol. The number of carbonyl (C=O) groups is 5. The second-order valence-electron chi connectivity index (χ2n) is 10.1. The predicted octanol–water partition coefficient (Wildman–Crippen LogP) is 1.73. The van der Waals surface area contributed by atoms with Gasteiger partial charge in [0.15, 0.2) is 0 Å². The molecule has 0 aromatic heterocycles. The summed E-state index contributed by atoms with van der Waals surface area (Å²) in [6, 6.07) is 13.3. The van der Waals surface area contributed by atoms with E-state index in [1.165, 1.54) is 0 Å². The van der Waals surface area contributed by atoms with E-state index in [0.717, 1.165) is 10.5 Å². The number of fused-ring (bicyclic) bond motifs is 1. The standard InChI is InChI=1S/C28H29FN4O6/c29-28(17-30-24(35)16-39-15-18-4-2-1-3-5-18)10-12-32(13-11-28)19-6-7-20-21(14-19)27(38)33(26(20)37)22-8-9-23(34)31-25(22)36/h1-7,14,22H,8-13,15-17H2,(H,30,35)(H,31,34,36). The van der Waals surface area contributed by atoms with Crippen LogP contribution in [0.4, 0.5) is 10.1 Å². The molecule has 0 aliphatic carbocycles. The van der Waals surface area contributed by atoms with Crippen molar-refractivity contribution in [3.8, 4) is 0 Å². The SMILES string of the molecule is O=C(COCc1ccccc1)NCC1(F)CCN(c2ccc3c(c2)C(=O)N(C2CCC(=O)NC2=O)C3=O)CC1. The minimum atomic E-state index is -1.57. The molecule has 2 saturated heterocycles. The molecule has 5 rings (SSSR count). The highest BCUT2D eigenvalue weighted by Gasteiger charge is 2.45. The number of imide groups is 2. The Hall–Kier alpha value is -4.12. The first-order chi connectivity index (χ1) is 18.7. The number of hydrogen-bond donors (Lipinski definition) is 2. The van der Waals surface area contributed by atoms with E-state index < -0.39 is 35.3 Å². The van der Waals surface area contributed by atoms with Gasteiger partial charge in [0.1, 0.15) is 18.3 Å². The van der Waals surface area contributed by atoms with Gasteiger partial charge in [-0.1, -0.05) is 30.3 Å². The molecule has 2 aromatic rings. The van der Waals surface area contributed by atoms with Crippen molar-refractivity contribution in [3.05, 3.63) is 65.2 Å². The summed E-state index contributed by atoms with van der Waals surface area (Å²) in [5, 5.41) is 4.80. The number of anilines is 1. The van der Waals surface area contributed by atoms with Gasteiger partial charge in [0, 0.05) is 38.0 Å². The quantitative estimate of drug-likeness (QED) is 0.493. The van der Waals surface area contributed by atoms with E-state index in [-0.39, 0.29) is 55.9 Å². The van der Waals surface area contributed by atoms with Crippen molar-refractivity contribution < 1.29 is 33.1 Å². The number of ether oxygens (including phenoxy) is 1. The monoisotopic (exact) mass is 536 g/mol. The molecule has 3 aliphatic heterocycles. The van der Waals surface area contributed by atoms with Gasteiger partial charge in [-0.25, -0.2) is 4.39 Å². The molecule has 10 nitrogen and oxygen atoms in total. The molecule has 0 spiro atoms. The van der Waals surface area contributed by atoms with Crippen LogP contribution in [-0.4, -0.2) is 72.4 Å². The molecule has 5 amide bonds. The molecule has 1 unspecified atom stereocenters. The van der Waals surface area contributed by atoms with Crippen molar-refractivity contribution in [2.24, 2.45) is 0 Å². The number of carbonyl (C=O) groups excluding carboxylic acids is 5. The van der Waals surface area contributed by atoms with Crippen LogP contribution < -0.4 is 15.5 Å². The van der Waals surface area contributed by atoms with Crippen molar-refractivity contribution in [2.75, 3.05) is 31.1 Å². The van der Waals surface area contributed by atoms with Crippen LogP contribution in [0.2, 0.25) is 0 Å². The zero-order valence-electron chi connectivity index (χ0n) is 21.3. The molecule has 204 valence electrons. The summed E-state index contributed by atoms with van der Waals surface area (Å²) in [7, 11) is 0. The van der Waals surface area contributed by atoms with Crippen LogP contribution in [0, 0.1) is 0 Å². The van der Waals surface area contributed by atoms with E-state index >= 15 is 4.39 Å². The minimum Gasteiger partial charge on any atom is -0.371 e. The molecule has 3 heterocycles. The van der Waals surface area contributed by atoms with Crippen molar-refractivity contribution in [1.29, 1.82) is 0 Å².